The molecular weight excluding hydrogens is 1270 g/mol. The lowest BCUT2D eigenvalue weighted by atomic mass is 9.35. The van der Waals surface area contributed by atoms with Crippen molar-refractivity contribution in [2.45, 2.75) is 184 Å². The number of hydrogen-bond donors (Lipinski definition) is 17. The van der Waals surface area contributed by atoms with E-state index in [1.807, 2.05) is 0 Å². The Kier molecular flexibility index (Phi) is 29.9. The topological polar surface area (TPSA) is 590 Å². The minimum atomic E-state index is -4.45. The van der Waals surface area contributed by atoms with Crippen molar-refractivity contribution in [3.63, 3.8) is 0 Å². The van der Waals surface area contributed by atoms with E-state index in [2.05, 4.69) is 21.3 Å². The Labute approximate surface area is 523 Å². The molecule has 18 N–H and O–H groups in total. The van der Waals surface area contributed by atoms with Crippen molar-refractivity contribution in [3.8, 4) is 0 Å². The molecule has 0 radical (unpaired) electrons. The molecule has 33 nitrogen and oxygen atoms in total. The smallest absolute Gasteiger partial charge is 0.326 e. The number of carbonyl (C=O) groups excluding carboxylic acids is 4. The first-order valence-corrected chi connectivity index (χ1v) is 36.0. The standard InChI is InChI=1S/C55H88N5O28P3/c56-20-3-1-2-4-42(64)60-55-30-52(17-11-39(61)57-36(49(77)78)14-21-89(83,84)24-33(46(71)72)5-8-43(65)66)27-53(31-55,18-12-40(62)58-37(50(79)80)15-22-90(85,86)25-34(47(73)74)6-9-44(67)68)29-54(28-52,32-55)19-13-41(63)59-38(51(81)82)16-23-91(87,88)26-35(48(75)76)7-10-45(69)70/h33-38H,1-32,56H2,(H,57,61)(H,58,62)(H,59,63)(H,60,64)(H,65,66)(H,67,68)(H,69,70)(H,71,72)(H,73,74)(H,75,76)(H,77,78)(H,79,80)(H,81,82)(H,83,84)(H,85,86)(H,87,88)/t33?,34?,35?,36-,37-,38-,52?,53?,54?,55?/m0/s1. The number of carboxylic acids is 9. The fraction of sp³-hybridized carbons (Fsp3) is 0.764. The quantitative estimate of drug-likeness (QED) is 0.0307. The fourth-order valence-corrected chi connectivity index (χ4v) is 19.6. The van der Waals surface area contributed by atoms with Crippen molar-refractivity contribution < 1.29 is 137 Å². The van der Waals surface area contributed by atoms with E-state index >= 15 is 0 Å². The van der Waals surface area contributed by atoms with Gasteiger partial charge in [-0.3, -0.25) is 61.6 Å². The molecule has 0 saturated heterocycles. The summed E-state index contributed by atoms with van der Waals surface area (Å²) in [6.07, 6.45) is -8.96. The Morgan fingerprint density at radius 3 is 0.890 bits per heavy atom. The summed E-state index contributed by atoms with van der Waals surface area (Å²) < 4.78 is 39.6. The van der Waals surface area contributed by atoms with Crippen LogP contribution in [-0.4, -0.2) is 205 Å². The largest absolute Gasteiger partial charge is 0.481 e. The van der Waals surface area contributed by atoms with Gasteiger partial charge in [0.2, 0.25) is 45.7 Å². The highest BCUT2D eigenvalue weighted by atomic mass is 31.2. The summed E-state index contributed by atoms with van der Waals surface area (Å²) in [5, 5.41) is 96.5. The lowest BCUT2D eigenvalue weighted by Crippen LogP contribution is -2.69. The van der Waals surface area contributed by atoms with Crippen LogP contribution in [0, 0.1) is 34.0 Å². The zero-order valence-corrected chi connectivity index (χ0v) is 53.1. The molecule has 0 aromatic carbocycles. The van der Waals surface area contributed by atoms with Gasteiger partial charge in [-0.25, -0.2) is 14.4 Å². The molecule has 4 amide bonds. The van der Waals surface area contributed by atoms with E-state index in [1.54, 1.807) is 0 Å². The van der Waals surface area contributed by atoms with Crippen LogP contribution >= 0.6 is 22.1 Å². The first kappa shape index (κ1) is 78.9. The maximum atomic E-state index is 14.0. The van der Waals surface area contributed by atoms with Gasteiger partial charge in [0.1, 0.15) is 18.1 Å². The van der Waals surface area contributed by atoms with Gasteiger partial charge in [-0.05, 0) is 132 Å². The zero-order valence-electron chi connectivity index (χ0n) is 50.4. The first-order chi connectivity index (χ1) is 42.1. The van der Waals surface area contributed by atoms with Gasteiger partial charge in [0.15, 0.2) is 0 Å². The third-order valence-electron chi connectivity index (χ3n) is 17.4. The number of carboxylic acid groups (broad SMARTS) is 9. The van der Waals surface area contributed by atoms with E-state index in [0.29, 0.717) is 25.8 Å². The van der Waals surface area contributed by atoms with Crippen LogP contribution < -0.4 is 27.0 Å². The van der Waals surface area contributed by atoms with Crippen LogP contribution in [0.5, 0.6) is 0 Å². The van der Waals surface area contributed by atoms with Gasteiger partial charge >= 0.3 is 53.7 Å². The molecule has 4 bridgehead atoms. The van der Waals surface area contributed by atoms with Crippen molar-refractivity contribution in [2.24, 2.45) is 39.7 Å². The monoisotopic (exact) mass is 1360 g/mol. The third kappa shape index (κ3) is 27.4. The Morgan fingerprint density at radius 1 is 0.363 bits per heavy atom. The zero-order chi connectivity index (χ0) is 68.9. The molecule has 4 aliphatic rings. The van der Waals surface area contributed by atoms with Crippen molar-refractivity contribution in [3.05, 3.63) is 0 Å². The van der Waals surface area contributed by atoms with Crippen LogP contribution in [0.4, 0.5) is 0 Å². The number of hydrogen-bond acceptors (Lipinski definition) is 17. The van der Waals surface area contributed by atoms with E-state index in [4.69, 9.17) is 21.1 Å². The maximum absolute atomic E-state index is 14.0. The van der Waals surface area contributed by atoms with Gasteiger partial charge in [-0.15, -0.1) is 0 Å². The number of rotatable bonds is 48. The minimum absolute atomic E-state index is 0.0336. The molecule has 4 fully saturated rings. The summed E-state index contributed by atoms with van der Waals surface area (Å²) in [6.45, 7) is 0.352. The molecular formula is C55H88N5O28P3. The van der Waals surface area contributed by atoms with Gasteiger partial charge in [0, 0.05) is 87.5 Å². The second kappa shape index (κ2) is 34.5. The predicted octanol–water partition coefficient (Wildman–Crippen LogP) is 2.43. The summed E-state index contributed by atoms with van der Waals surface area (Å²) in [4.78, 5) is 194. The van der Waals surface area contributed by atoms with Crippen LogP contribution in [0.2, 0.25) is 0 Å². The Balaban J connectivity index is 2.03. The van der Waals surface area contributed by atoms with Crippen molar-refractivity contribution in [1.82, 2.24) is 21.3 Å². The van der Waals surface area contributed by atoms with Crippen LogP contribution in [-0.2, 0) is 76.0 Å². The van der Waals surface area contributed by atoms with Gasteiger partial charge in [0.25, 0.3) is 0 Å². The highest BCUT2D eigenvalue weighted by Gasteiger charge is 2.68. The van der Waals surface area contributed by atoms with E-state index in [0.717, 1.165) is 0 Å². The van der Waals surface area contributed by atoms with Crippen molar-refractivity contribution in [1.29, 1.82) is 0 Å². The van der Waals surface area contributed by atoms with Crippen LogP contribution in [0.3, 0.4) is 0 Å². The summed E-state index contributed by atoms with van der Waals surface area (Å²) >= 11 is 0. The SMILES string of the molecule is NCCCCCC(=O)NC12CC3(CCC(=O)N[C@@H](CCP(=O)(O)CC(CCC(=O)O)C(=O)O)C(=O)O)CC(CCC(=O)N[C@@H](CCP(=O)(O)CC(CCC(=O)O)C(=O)O)C(=O)O)(CC(CCC(=O)N[C@@H](CCP(=O)(O)CC(CCC(=O)O)C(=O)O)C(=O)O)(C3)C1)C2. The van der Waals surface area contributed by atoms with E-state index in [9.17, 15) is 121 Å². The lowest BCUT2D eigenvalue weighted by molar-refractivity contribution is -0.190. The molecule has 0 heterocycles. The highest BCUT2D eigenvalue weighted by Crippen LogP contribution is 2.74. The second-order valence-electron chi connectivity index (χ2n) is 25.4. The predicted molar refractivity (Wildman–Crippen MR) is 316 cm³/mol. The normalized spacial score (nSPS) is 23.8. The molecule has 91 heavy (non-hydrogen) atoms. The summed E-state index contributed by atoms with van der Waals surface area (Å²) in [5.74, 6) is -21.3. The number of unbranched alkanes of at least 4 members (excludes halogenated alkanes) is 2. The van der Waals surface area contributed by atoms with Crippen LogP contribution in [0.25, 0.3) is 0 Å². The second-order valence-corrected chi connectivity index (χ2v) is 32.9. The lowest BCUT2D eigenvalue weighted by Gasteiger charge is -2.71. The van der Waals surface area contributed by atoms with Crippen molar-refractivity contribution >= 4 is 99.5 Å². The van der Waals surface area contributed by atoms with E-state index in [-0.39, 0.29) is 64.2 Å². The molecule has 0 aliphatic heterocycles. The highest BCUT2D eigenvalue weighted by molar-refractivity contribution is 7.58. The summed E-state index contributed by atoms with van der Waals surface area (Å²) in [6, 6.07) is -5.37. The van der Waals surface area contributed by atoms with Crippen molar-refractivity contribution in [2.75, 3.05) is 43.5 Å². The number of nitrogens with one attached hydrogen (secondary N) is 4. The molecule has 0 spiro atoms. The number of amides is 4. The maximum Gasteiger partial charge on any atom is 0.326 e. The summed E-state index contributed by atoms with van der Waals surface area (Å²) in [7, 11) is -13.4. The first-order valence-electron chi connectivity index (χ1n) is 29.9. The van der Waals surface area contributed by atoms with Crippen LogP contribution in [0.1, 0.15) is 161 Å². The van der Waals surface area contributed by atoms with Gasteiger partial charge in [-0.1, -0.05) is 6.42 Å². The molecule has 9 atom stereocenters. The van der Waals surface area contributed by atoms with Crippen LogP contribution in [0.15, 0.2) is 0 Å². The minimum Gasteiger partial charge on any atom is -0.481 e. The summed E-state index contributed by atoms with van der Waals surface area (Å²) in [5.41, 5.74) is 1.54. The van der Waals surface area contributed by atoms with E-state index < -0.39 is 271 Å². The van der Waals surface area contributed by atoms with E-state index in [1.165, 1.54) is 0 Å². The van der Waals surface area contributed by atoms with Gasteiger partial charge < -0.3 is 87.6 Å². The molecule has 36 heteroatoms. The number of nitrogens with two attached hydrogens (primary N) is 1. The Bertz CT molecular complexity index is 2570. The molecule has 4 aliphatic carbocycles. The number of aliphatic carboxylic acids is 9. The third-order valence-corrected chi connectivity index (χ3v) is 23.3. The molecule has 0 aromatic rings. The fourth-order valence-electron chi connectivity index (χ4n) is 14.0. The molecule has 4 rings (SSSR count). The Morgan fingerprint density at radius 2 is 0.648 bits per heavy atom. The van der Waals surface area contributed by atoms with Gasteiger partial charge in [-0.2, -0.15) is 0 Å². The average Bonchev–Trinajstić information content (AvgIpc) is 0.688. The molecule has 516 valence electrons. The number of carbonyl (C=O) groups is 13. The molecule has 4 saturated carbocycles. The molecule has 0 aromatic heterocycles. The Hall–Kier alpha value is -6.36. The molecule has 6 unspecified atom stereocenters. The van der Waals surface area contributed by atoms with Gasteiger partial charge in [0.05, 0.1) is 17.8 Å². The average molecular weight is 1360 g/mol.